The number of aromatic nitrogens is 3. The van der Waals surface area contributed by atoms with Gasteiger partial charge < -0.3 is 15.2 Å². The zero-order valence-corrected chi connectivity index (χ0v) is 14.6. The fraction of sp³-hybridized carbons (Fsp3) is 0.375. The number of anilines is 1. The summed E-state index contributed by atoms with van der Waals surface area (Å²) in [7, 11) is 0. The zero-order chi connectivity index (χ0) is 16.0. The van der Waals surface area contributed by atoms with E-state index in [1.165, 1.54) is 5.00 Å². The summed E-state index contributed by atoms with van der Waals surface area (Å²) in [4.78, 5) is 15.0. The van der Waals surface area contributed by atoms with Gasteiger partial charge in [0.2, 0.25) is 0 Å². The minimum atomic E-state index is 0.461. The van der Waals surface area contributed by atoms with Gasteiger partial charge in [-0.3, -0.25) is 0 Å². The second-order valence-electron chi connectivity index (χ2n) is 6.13. The molecule has 23 heavy (non-hydrogen) atoms. The summed E-state index contributed by atoms with van der Waals surface area (Å²) in [6.07, 6.45) is 0. The summed E-state index contributed by atoms with van der Waals surface area (Å²) in [5, 5.41) is 5.43. The van der Waals surface area contributed by atoms with Gasteiger partial charge in [-0.1, -0.05) is 11.6 Å². The van der Waals surface area contributed by atoms with Crippen LogP contribution in [0.2, 0.25) is 5.02 Å². The Bertz CT molecular complexity index is 832. The lowest BCUT2D eigenvalue weighted by Crippen LogP contribution is -2.54. The van der Waals surface area contributed by atoms with E-state index in [0.717, 1.165) is 35.6 Å². The van der Waals surface area contributed by atoms with E-state index < -0.39 is 0 Å². The Hall–Kier alpha value is -1.63. The zero-order valence-electron chi connectivity index (χ0n) is 13.0. The summed E-state index contributed by atoms with van der Waals surface area (Å²) < 4.78 is 0. The van der Waals surface area contributed by atoms with Gasteiger partial charge >= 0.3 is 0 Å². The molecule has 0 amide bonds. The number of benzene rings is 1. The molecule has 0 spiro atoms. The second-order valence-corrected chi connectivity index (χ2v) is 7.40. The average molecular weight is 348 g/mol. The number of nitrogens with one attached hydrogen (secondary N) is 2. The average Bonchev–Trinajstić information content (AvgIpc) is 3.11. The normalized spacial score (nSPS) is 22.0. The Kier molecular flexibility index (Phi) is 3.75. The van der Waals surface area contributed by atoms with Gasteiger partial charge in [0.25, 0.3) is 0 Å². The van der Waals surface area contributed by atoms with Crippen LogP contribution in [0.25, 0.3) is 22.6 Å². The first-order valence-corrected chi connectivity index (χ1v) is 8.96. The third kappa shape index (κ3) is 2.82. The number of rotatable bonds is 2. The SMILES string of the molecule is C[C@@H]1CN(c2scnc2-c2nc3cc(Cl)ccc3[nH]2)C[C@H](C)N1. The van der Waals surface area contributed by atoms with Gasteiger partial charge in [0.15, 0.2) is 5.82 Å². The minimum Gasteiger partial charge on any atom is -0.358 e. The Balaban J connectivity index is 1.73. The van der Waals surface area contributed by atoms with Gasteiger partial charge in [-0.25, -0.2) is 9.97 Å². The van der Waals surface area contributed by atoms with E-state index in [2.05, 4.69) is 39.0 Å². The molecule has 1 aromatic carbocycles. The number of piperazine rings is 1. The van der Waals surface area contributed by atoms with Gasteiger partial charge in [0.05, 0.1) is 16.5 Å². The number of hydrogen-bond donors (Lipinski definition) is 2. The number of fused-ring (bicyclic) bond motifs is 1. The molecule has 0 unspecified atom stereocenters. The van der Waals surface area contributed by atoms with Crippen LogP contribution >= 0.6 is 22.9 Å². The molecule has 3 heterocycles. The number of imidazole rings is 1. The molecular weight excluding hydrogens is 330 g/mol. The predicted octanol–water partition coefficient (Wildman–Crippen LogP) is 3.53. The van der Waals surface area contributed by atoms with E-state index in [4.69, 9.17) is 11.6 Å². The third-order valence-corrected chi connectivity index (χ3v) is 5.18. The summed E-state index contributed by atoms with van der Waals surface area (Å²) in [5.41, 5.74) is 4.66. The number of thiazole rings is 1. The summed E-state index contributed by atoms with van der Waals surface area (Å²) >= 11 is 7.72. The third-order valence-electron chi connectivity index (χ3n) is 4.06. The van der Waals surface area contributed by atoms with Crippen LogP contribution < -0.4 is 10.2 Å². The number of H-pyrrole nitrogens is 1. The molecule has 2 aromatic heterocycles. The fourth-order valence-electron chi connectivity index (χ4n) is 3.21. The lowest BCUT2D eigenvalue weighted by Gasteiger charge is -2.36. The number of hydrogen-bond acceptors (Lipinski definition) is 5. The van der Waals surface area contributed by atoms with Crippen LogP contribution in [-0.4, -0.2) is 40.1 Å². The molecule has 1 aliphatic heterocycles. The van der Waals surface area contributed by atoms with Crippen molar-refractivity contribution in [3.05, 3.63) is 28.7 Å². The van der Waals surface area contributed by atoms with Crippen LogP contribution in [0.15, 0.2) is 23.7 Å². The van der Waals surface area contributed by atoms with Crippen molar-refractivity contribution in [2.24, 2.45) is 0 Å². The predicted molar refractivity (Wildman–Crippen MR) is 96.5 cm³/mol. The molecule has 0 radical (unpaired) electrons. The van der Waals surface area contributed by atoms with Gasteiger partial charge in [0, 0.05) is 30.2 Å². The quantitative estimate of drug-likeness (QED) is 0.744. The molecule has 1 saturated heterocycles. The molecule has 1 fully saturated rings. The van der Waals surface area contributed by atoms with Crippen molar-refractivity contribution in [3.8, 4) is 11.5 Å². The maximum atomic E-state index is 6.06. The first-order chi connectivity index (χ1) is 11.1. The first-order valence-electron chi connectivity index (χ1n) is 7.70. The molecule has 4 rings (SSSR count). The van der Waals surface area contributed by atoms with Crippen LogP contribution in [0.3, 0.4) is 0 Å². The van der Waals surface area contributed by atoms with Crippen molar-refractivity contribution in [2.75, 3.05) is 18.0 Å². The van der Waals surface area contributed by atoms with E-state index >= 15 is 0 Å². The van der Waals surface area contributed by atoms with E-state index in [1.54, 1.807) is 11.3 Å². The van der Waals surface area contributed by atoms with Crippen LogP contribution in [-0.2, 0) is 0 Å². The van der Waals surface area contributed by atoms with E-state index in [-0.39, 0.29) is 0 Å². The monoisotopic (exact) mass is 347 g/mol. The van der Waals surface area contributed by atoms with Crippen LogP contribution in [0.5, 0.6) is 0 Å². The summed E-state index contributed by atoms with van der Waals surface area (Å²) in [6.45, 7) is 6.39. The maximum absolute atomic E-state index is 6.06. The van der Waals surface area contributed by atoms with Crippen molar-refractivity contribution >= 4 is 39.0 Å². The van der Waals surface area contributed by atoms with Crippen molar-refractivity contribution in [1.82, 2.24) is 20.3 Å². The molecular formula is C16H18ClN5S. The largest absolute Gasteiger partial charge is 0.358 e. The van der Waals surface area contributed by atoms with E-state index in [1.807, 2.05) is 23.7 Å². The molecule has 0 aliphatic carbocycles. The van der Waals surface area contributed by atoms with Gasteiger partial charge in [0.1, 0.15) is 10.7 Å². The molecule has 0 bridgehead atoms. The topological polar surface area (TPSA) is 56.8 Å². The number of aromatic amines is 1. The smallest absolute Gasteiger partial charge is 0.160 e. The highest BCUT2D eigenvalue weighted by Gasteiger charge is 2.25. The minimum absolute atomic E-state index is 0.461. The van der Waals surface area contributed by atoms with Gasteiger partial charge in [-0.2, -0.15) is 0 Å². The van der Waals surface area contributed by atoms with Gasteiger partial charge in [-0.05, 0) is 32.0 Å². The lowest BCUT2D eigenvalue weighted by atomic mass is 10.1. The van der Waals surface area contributed by atoms with E-state index in [9.17, 15) is 0 Å². The highest BCUT2D eigenvalue weighted by atomic mass is 35.5. The molecule has 2 N–H and O–H groups in total. The fourth-order valence-corrected chi connectivity index (χ4v) is 4.19. The van der Waals surface area contributed by atoms with Crippen LogP contribution in [0, 0.1) is 0 Å². The van der Waals surface area contributed by atoms with Crippen molar-refractivity contribution in [2.45, 2.75) is 25.9 Å². The molecule has 5 nitrogen and oxygen atoms in total. The molecule has 2 atom stereocenters. The molecule has 0 saturated carbocycles. The first kappa shape index (κ1) is 14.9. The molecule has 1 aliphatic rings. The Morgan fingerprint density at radius 1 is 1.26 bits per heavy atom. The maximum Gasteiger partial charge on any atom is 0.160 e. The number of nitrogens with zero attached hydrogens (tertiary/aromatic N) is 3. The van der Waals surface area contributed by atoms with Crippen molar-refractivity contribution in [3.63, 3.8) is 0 Å². The Morgan fingerprint density at radius 2 is 2.04 bits per heavy atom. The highest BCUT2D eigenvalue weighted by Crippen LogP contribution is 2.34. The molecule has 7 heteroatoms. The van der Waals surface area contributed by atoms with Crippen molar-refractivity contribution in [1.29, 1.82) is 0 Å². The second kappa shape index (κ2) is 5.78. The standard InChI is InChI=1S/C16H18ClN5S/c1-9-6-22(7-10(2)19-9)16-14(18-8-23-16)15-20-12-4-3-11(17)5-13(12)21-15/h3-5,8-10,19H,6-7H2,1-2H3,(H,20,21)/t9-,10+. The molecule has 3 aromatic rings. The van der Waals surface area contributed by atoms with E-state index in [0.29, 0.717) is 17.1 Å². The van der Waals surface area contributed by atoms with Crippen molar-refractivity contribution < 1.29 is 0 Å². The van der Waals surface area contributed by atoms with Gasteiger partial charge in [-0.15, -0.1) is 11.3 Å². The number of halogens is 1. The lowest BCUT2D eigenvalue weighted by molar-refractivity contribution is 0.408. The molecule has 120 valence electrons. The van der Waals surface area contributed by atoms with Crippen LogP contribution in [0.1, 0.15) is 13.8 Å². The Morgan fingerprint density at radius 3 is 2.83 bits per heavy atom. The van der Waals surface area contributed by atoms with Crippen LogP contribution in [0.4, 0.5) is 5.00 Å². The summed E-state index contributed by atoms with van der Waals surface area (Å²) in [5.74, 6) is 0.803. The highest BCUT2D eigenvalue weighted by molar-refractivity contribution is 7.14. The summed E-state index contributed by atoms with van der Waals surface area (Å²) in [6, 6.07) is 6.62. The Labute approximate surface area is 143 Å².